The van der Waals surface area contributed by atoms with Gasteiger partial charge >= 0.3 is 6.18 Å². The van der Waals surface area contributed by atoms with Crippen molar-refractivity contribution in [3.8, 4) is 17.0 Å². The molecule has 0 radical (unpaired) electrons. The molecule has 1 fully saturated rings. The fourth-order valence-corrected chi connectivity index (χ4v) is 4.77. The zero-order chi connectivity index (χ0) is 23.9. The normalized spacial score (nSPS) is 18.6. The van der Waals surface area contributed by atoms with E-state index in [9.17, 15) is 18.3 Å². The van der Waals surface area contributed by atoms with Crippen LogP contribution < -0.4 is 5.32 Å². The second-order valence-electron chi connectivity index (χ2n) is 8.75. The van der Waals surface area contributed by atoms with Crippen LogP contribution in [0, 0.1) is 0 Å². The molecule has 3 aromatic rings. The number of aliphatic imine (C=N–C) groups is 1. The first-order valence-electron chi connectivity index (χ1n) is 11.2. The van der Waals surface area contributed by atoms with Crippen molar-refractivity contribution in [1.82, 2.24) is 15.2 Å². The molecule has 0 bridgehead atoms. The average Bonchev–Trinajstić information content (AvgIpc) is 3.20. The summed E-state index contributed by atoms with van der Waals surface area (Å²) in [5, 5.41) is 13.0. The largest absolute Gasteiger partial charge is 0.508 e. The molecule has 0 spiro atoms. The van der Waals surface area contributed by atoms with Crippen LogP contribution >= 0.6 is 0 Å². The molecule has 8 heteroatoms. The Morgan fingerprint density at radius 3 is 2.53 bits per heavy atom. The fraction of sp³-hybridized carbons (Fsp3) is 0.308. The molecule has 0 aliphatic carbocycles. The summed E-state index contributed by atoms with van der Waals surface area (Å²) in [5.41, 5.74) is 6.00. The van der Waals surface area contributed by atoms with Gasteiger partial charge in [0.2, 0.25) is 0 Å². The number of benzene rings is 2. The third-order valence-electron chi connectivity index (χ3n) is 6.52. The maximum absolute atomic E-state index is 13.0. The van der Waals surface area contributed by atoms with Gasteiger partial charge in [-0.2, -0.15) is 13.2 Å². The van der Waals surface area contributed by atoms with E-state index in [0.29, 0.717) is 19.6 Å². The van der Waals surface area contributed by atoms with E-state index in [-0.39, 0.29) is 11.8 Å². The van der Waals surface area contributed by atoms with Crippen molar-refractivity contribution in [2.45, 2.75) is 32.2 Å². The van der Waals surface area contributed by atoms with Gasteiger partial charge in [0.05, 0.1) is 23.5 Å². The van der Waals surface area contributed by atoms with Gasteiger partial charge in [0, 0.05) is 49.1 Å². The molecule has 34 heavy (non-hydrogen) atoms. The van der Waals surface area contributed by atoms with E-state index in [2.05, 4.69) is 21.3 Å². The predicted octanol–water partition coefficient (Wildman–Crippen LogP) is 4.94. The Bertz CT molecular complexity index is 1220. The summed E-state index contributed by atoms with van der Waals surface area (Å²) in [6.45, 7) is 5.40. The van der Waals surface area contributed by atoms with Crippen LogP contribution in [0.5, 0.6) is 5.75 Å². The van der Waals surface area contributed by atoms with Gasteiger partial charge in [-0.1, -0.05) is 12.1 Å². The number of phenolic OH excluding ortho intramolecular Hbond substituents is 1. The second-order valence-corrected chi connectivity index (χ2v) is 8.75. The number of fused-ring (bicyclic) bond motifs is 1. The van der Waals surface area contributed by atoms with Crippen LogP contribution in [0.25, 0.3) is 11.3 Å². The van der Waals surface area contributed by atoms with Crippen molar-refractivity contribution in [3.63, 3.8) is 0 Å². The molecule has 1 atom stereocenters. The van der Waals surface area contributed by atoms with Crippen molar-refractivity contribution >= 4 is 5.71 Å². The number of aromatic hydroxyl groups is 1. The number of alkyl halides is 3. The number of aromatic nitrogens is 1. The van der Waals surface area contributed by atoms with Crippen molar-refractivity contribution in [3.05, 3.63) is 82.5 Å². The number of nitrogens with zero attached hydrogens (tertiary/aromatic N) is 3. The molecular formula is C26H25F3N4O. The molecule has 176 valence electrons. The van der Waals surface area contributed by atoms with Gasteiger partial charge in [-0.05, 0) is 60.5 Å². The number of piperazine rings is 1. The average molecular weight is 467 g/mol. The van der Waals surface area contributed by atoms with Crippen LogP contribution in [-0.2, 0) is 19.3 Å². The van der Waals surface area contributed by atoms with Crippen molar-refractivity contribution in [2.24, 2.45) is 4.99 Å². The second kappa shape index (κ2) is 8.85. The monoisotopic (exact) mass is 466 g/mol. The highest BCUT2D eigenvalue weighted by molar-refractivity contribution is 6.03. The number of pyridine rings is 1. The molecule has 0 amide bonds. The van der Waals surface area contributed by atoms with E-state index in [1.807, 2.05) is 19.1 Å². The highest BCUT2D eigenvalue weighted by Crippen LogP contribution is 2.33. The van der Waals surface area contributed by atoms with Crippen molar-refractivity contribution in [1.29, 1.82) is 0 Å². The minimum Gasteiger partial charge on any atom is -0.508 e. The van der Waals surface area contributed by atoms with Crippen LogP contribution in [-0.4, -0.2) is 40.3 Å². The molecule has 2 aromatic carbocycles. The van der Waals surface area contributed by atoms with Crippen LogP contribution in [0.3, 0.4) is 0 Å². The fourth-order valence-electron chi connectivity index (χ4n) is 4.77. The summed E-state index contributed by atoms with van der Waals surface area (Å²) in [4.78, 5) is 11.7. The van der Waals surface area contributed by atoms with Gasteiger partial charge in [0.15, 0.2) is 0 Å². The van der Waals surface area contributed by atoms with E-state index in [1.54, 1.807) is 24.3 Å². The number of hydrogen-bond donors (Lipinski definition) is 2. The lowest BCUT2D eigenvalue weighted by Crippen LogP contribution is -2.45. The number of nitrogens with one attached hydrogen (secondary N) is 1. The third kappa shape index (κ3) is 4.43. The maximum Gasteiger partial charge on any atom is 0.416 e. The maximum atomic E-state index is 13.0. The van der Waals surface area contributed by atoms with Crippen LogP contribution in [0.4, 0.5) is 13.2 Å². The molecule has 5 nitrogen and oxygen atoms in total. The van der Waals surface area contributed by atoms with Gasteiger partial charge in [0.1, 0.15) is 5.75 Å². The first kappa shape index (κ1) is 22.6. The highest BCUT2D eigenvalue weighted by Gasteiger charge is 2.31. The van der Waals surface area contributed by atoms with E-state index in [0.717, 1.165) is 64.6 Å². The molecule has 5 rings (SSSR count). The Labute approximate surface area is 196 Å². The summed E-state index contributed by atoms with van der Waals surface area (Å²) in [5.74, 6) is 0.199. The molecule has 1 unspecified atom stereocenters. The standard InChI is InChI=1S/C26H25F3N4O/c1-16-25-19(12-22(32-23(25)13-31-16)17-4-8-21(34)9-5-17)15-33-11-10-30-14-24(33)18-2-6-20(7-3-18)26(27,28)29/h2-9,12,24,30,34H,10-11,13-15H2,1H3. The summed E-state index contributed by atoms with van der Waals surface area (Å²) >= 11 is 0. The molecular weight excluding hydrogens is 441 g/mol. The lowest BCUT2D eigenvalue weighted by atomic mass is 9.97. The van der Waals surface area contributed by atoms with E-state index in [1.165, 1.54) is 0 Å². The number of hydrogen-bond acceptors (Lipinski definition) is 5. The van der Waals surface area contributed by atoms with Gasteiger partial charge in [0.25, 0.3) is 0 Å². The topological polar surface area (TPSA) is 60.8 Å². The van der Waals surface area contributed by atoms with Crippen molar-refractivity contribution in [2.75, 3.05) is 19.6 Å². The summed E-state index contributed by atoms with van der Waals surface area (Å²) < 4.78 is 39.1. The predicted molar refractivity (Wildman–Crippen MR) is 125 cm³/mol. The zero-order valence-electron chi connectivity index (χ0n) is 18.7. The highest BCUT2D eigenvalue weighted by atomic mass is 19.4. The van der Waals surface area contributed by atoms with Gasteiger partial charge < -0.3 is 10.4 Å². The van der Waals surface area contributed by atoms with Gasteiger partial charge in [-0.3, -0.25) is 14.9 Å². The van der Waals surface area contributed by atoms with Gasteiger partial charge in [-0.25, -0.2) is 0 Å². The Morgan fingerprint density at radius 1 is 1.09 bits per heavy atom. The lowest BCUT2D eigenvalue weighted by molar-refractivity contribution is -0.137. The summed E-state index contributed by atoms with van der Waals surface area (Å²) in [6, 6.07) is 14.5. The Morgan fingerprint density at radius 2 is 1.82 bits per heavy atom. The van der Waals surface area contributed by atoms with Crippen LogP contribution in [0.15, 0.2) is 59.6 Å². The molecule has 3 heterocycles. The first-order chi connectivity index (χ1) is 16.3. The third-order valence-corrected chi connectivity index (χ3v) is 6.52. The van der Waals surface area contributed by atoms with Crippen molar-refractivity contribution < 1.29 is 18.3 Å². The molecule has 1 saturated heterocycles. The summed E-state index contributed by atoms with van der Waals surface area (Å²) in [6.07, 6.45) is -4.35. The minimum absolute atomic E-state index is 0.0457. The SMILES string of the molecule is CC1=NCc2nc(-c3ccc(O)cc3)cc(CN3CCNCC3c3ccc(C(F)(F)F)cc3)c21. The smallest absolute Gasteiger partial charge is 0.416 e. The van der Waals surface area contributed by atoms with E-state index in [4.69, 9.17) is 4.98 Å². The Hall–Kier alpha value is -3.23. The summed E-state index contributed by atoms with van der Waals surface area (Å²) in [7, 11) is 0. The minimum atomic E-state index is -4.35. The molecule has 2 aliphatic rings. The Balaban J connectivity index is 1.48. The zero-order valence-corrected chi connectivity index (χ0v) is 18.7. The number of rotatable bonds is 4. The molecule has 0 saturated carbocycles. The number of halogens is 3. The lowest BCUT2D eigenvalue weighted by Gasteiger charge is -2.37. The quantitative estimate of drug-likeness (QED) is 0.572. The van der Waals surface area contributed by atoms with E-state index >= 15 is 0 Å². The van der Waals surface area contributed by atoms with E-state index < -0.39 is 11.7 Å². The molecule has 2 N–H and O–H groups in total. The van der Waals surface area contributed by atoms with Crippen LogP contribution in [0.1, 0.15) is 40.9 Å². The Kier molecular flexibility index (Phi) is 5.87. The number of phenols is 1. The first-order valence-corrected chi connectivity index (χ1v) is 11.2. The van der Waals surface area contributed by atoms with Gasteiger partial charge in [-0.15, -0.1) is 0 Å². The molecule has 2 aliphatic heterocycles. The molecule has 1 aromatic heterocycles. The van der Waals surface area contributed by atoms with Crippen LogP contribution in [0.2, 0.25) is 0 Å².